The largest absolute Gasteiger partial charge is 0.342 e. The Bertz CT molecular complexity index is 405. The summed E-state index contributed by atoms with van der Waals surface area (Å²) in [5.74, 6) is 0.180. The summed E-state index contributed by atoms with van der Waals surface area (Å²) in [5.41, 5.74) is 1.07. The number of carbonyl (C=O) groups excluding carboxylic acids is 1. The predicted molar refractivity (Wildman–Crippen MR) is 80.3 cm³/mol. The average Bonchev–Trinajstić information content (AvgIpc) is 2.41. The van der Waals surface area contributed by atoms with E-state index < -0.39 is 0 Å². The van der Waals surface area contributed by atoms with E-state index in [9.17, 15) is 4.79 Å². The molecule has 0 heterocycles. The quantitative estimate of drug-likeness (QED) is 0.767. The van der Waals surface area contributed by atoms with Crippen LogP contribution < -0.4 is 0 Å². The van der Waals surface area contributed by atoms with Crippen molar-refractivity contribution in [1.82, 2.24) is 9.80 Å². The number of benzene rings is 1. The first-order chi connectivity index (χ1) is 9.12. The molecule has 0 aliphatic carbocycles. The van der Waals surface area contributed by atoms with E-state index in [-0.39, 0.29) is 5.91 Å². The second-order valence-corrected chi connectivity index (χ2v) is 4.87. The van der Waals surface area contributed by atoms with Crippen LogP contribution in [0.15, 0.2) is 24.3 Å². The fraction of sp³-hybridized carbons (Fsp3) is 0.533. The van der Waals surface area contributed by atoms with Crippen LogP contribution in [0.5, 0.6) is 0 Å². The van der Waals surface area contributed by atoms with E-state index >= 15 is 0 Å². The Hall–Kier alpha value is -1.06. The van der Waals surface area contributed by atoms with Gasteiger partial charge in [-0.3, -0.25) is 9.69 Å². The maximum atomic E-state index is 12.1. The van der Waals surface area contributed by atoms with Crippen LogP contribution in [0, 0.1) is 0 Å². The molecule has 106 valence electrons. The van der Waals surface area contributed by atoms with Gasteiger partial charge in [-0.2, -0.15) is 0 Å². The third-order valence-electron chi connectivity index (χ3n) is 3.27. The summed E-state index contributed by atoms with van der Waals surface area (Å²) in [4.78, 5) is 16.1. The van der Waals surface area contributed by atoms with Crippen molar-refractivity contribution in [2.24, 2.45) is 0 Å². The van der Waals surface area contributed by atoms with Crippen molar-refractivity contribution in [1.29, 1.82) is 0 Å². The molecule has 0 saturated heterocycles. The van der Waals surface area contributed by atoms with Gasteiger partial charge in [-0.1, -0.05) is 36.7 Å². The molecule has 3 nitrogen and oxygen atoms in total. The van der Waals surface area contributed by atoms with Crippen molar-refractivity contribution >= 4 is 17.5 Å². The van der Waals surface area contributed by atoms with E-state index in [1.807, 2.05) is 43.0 Å². The summed E-state index contributed by atoms with van der Waals surface area (Å²) in [6.45, 7) is 9.59. The molecule has 0 radical (unpaired) electrons. The first-order valence-corrected chi connectivity index (χ1v) is 7.23. The monoisotopic (exact) mass is 282 g/mol. The summed E-state index contributed by atoms with van der Waals surface area (Å²) in [7, 11) is 0. The average molecular weight is 283 g/mol. The first kappa shape index (κ1) is 16.0. The van der Waals surface area contributed by atoms with Crippen molar-refractivity contribution in [3.05, 3.63) is 34.9 Å². The highest BCUT2D eigenvalue weighted by molar-refractivity contribution is 6.31. The molecule has 0 aliphatic rings. The van der Waals surface area contributed by atoms with Gasteiger partial charge in [0.1, 0.15) is 0 Å². The van der Waals surface area contributed by atoms with Gasteiger partial charge in [-0.25, -0.2) is 0 Å². The van der Waals surface area contributed by atoms with Crippen molar-refractivity contribution in [3.63, 3.8) is 0 Å². The molecule has 1 aromatic rings. The minimum atomic E-state index is 0.180. The molecule has 0 unspecified atom stereocenters. The van der Waals surface area contributed by atoms with Crippen LogP contribution in [0.25, 0.3) is 0 Å². The number of halogens is 1. The van der Waals surface area contributed by atoms with Gasteiger partial charge in [0.2, 0.25) is 5.91 Å². The SMILES string of the molecule is CCN(CC(=O)N(CC)CC)Cc1ccccc1Cl. The van der Waals surface area contributed by atoms with Gasteiger partial charge >= 0.3 is 0 Å². The molecule has 4 heteroatoms. The van der Waals surface area contributed by atoms with Gasteiger partial charge < -0.3 is 4.90 Å². The summed E-state index contributed by atoms with van der Waals surface area (Å²) in [5, 5.41) is 0.760. The maximum absolute atomic E-state index is 12.1. The van der Waals surface area contributed by atoms with Crippen LogP contribution in [0.4, 0.5) is 0 Å². The van der Waals surface area contributed by atoms with Crippen molar-refractivity contribution < 1.29 is 4.79 Å². The van der Waals surface area contributed by atoms with Crippen molar-refractivity contribution in [3.8, 4) is 0 Å². The maximum Gasteiger partial charge on any atom is 0.236 e. The number of carbonyl (C=O) groups is 1. The summed E-state index contributed by atoms with van der Waals surface area (Å²) < 4.78 is 0. The minimum absolute atomic E-state index is 0.180. The lowest BCUT2D eigenvalue weighted by Gasteiger charge is -2.25. The molecular formula is C15H23ClN2O. The fourth-order valence-corrected chi connectivity index (χ4v) is 2.21. The van der Waals surface area contributed by atoms with E-state index in [1.54, 1.807) is 0 Å². The summed E-state index contributed by atoms with van der Waals surface area (Å²) >= 11 is 6.16. The molecule has 0 saturated carbocycles. The summed E-state index contributed by atoms with van der Waals surface area (Å²) in [6.07, 6.45) is 0. The molecule has 0 spiro atoms. The van der Waals surface area contributed by atoms with Gasteiger partial charge in [0.25, 0.3) is 0 Å². The predicted octanol–water partition coefficient (Wildman–Crippen LogP) is 3.03. The highest BCUT2D eigenvalue weighted by Gasteiger charge is 2.14. The van der Waals surface area contributed by atoms with Gasteiger partial charge in [0.15, 0.2) is 0 Å². The van der Waals surface area contributed by atoms with Crippen molar-refractivity contribution in [2.75, 3.05) is 26.2 Å². The number of likely N-dealkylation sites (N-methyl/N-ethyl adjacent to an activating group) is 2. The molecule has 1 rings (SSSR count). The van der Waals surface area contributed by atoms with Crippen LogP contribution in [0.3, 0.4) is 0 Å². The van der Waals surface area contributed by atoms with Crippen LogP contribution in [0.2, 0.25) is 5.02 Å². The Labute approximate surface area is 121 Å². The zero-order valence-corrected chi connectivity index (χ0v) is 12.8. The van der Waals surface area contributed by atoms with Gasteiger partial charge in [0.05, 0.1) is 6.54 Å². The topological polar surface area (TPSA) is 23.6 Å². The van der Waals surface area contributed by atoms with Crippen LogP contribution in [0.1, 0.15) is 26.3 Å². The Morgan fingerprint density at radius 3 is 2.26 bits per heavy atom. The highest BCUT2D eigenvalue weighted by Crippen LogP contribution is 2.16. The van der Waals surface area contributed by atoms with E-state index in [1.165, 1.54) is 0 Å². The molecule has 0 N–H and O–H groups in total. The third-order valence-corrected chi connectivity index (χ3v) is 3.64. The highest BCUT2D eigenvalue weighted by atomic mass is 35.5. The lowest BCUT2D eigenvalue weighted by Crippen LogP contribution is -2.39. The summed E-state index contributed by atoms with van der Waals surface area (Å²) in [6, 6.07) is 7.79. The van der Waals surface area contributed by atoms with Crippen molar-refractivity contribution in [2.45, 2.75) is 27.3 Å². The smallest absolute Gasteiger partial charge is 0.236 e. The minimum Gasteiger partial charge on any atom is -0.342 e. The molecule has 0 aromatic heterocycles. The number of hydrogen-bond donors (Lipinski definition) is 0. The van der Waals surface area contributed by atoms with Gasteiger partial charge in [0, 0.05) is 24.7 Å². The molecule has 19 heavy (non-hydrogen) atoms. The number of nitrogens with zero attached hydrogens (tertiary/aromatic N) is 2. The molecule has 0 atom stereocenters. The second kappa shape index (κ2) is 8.18. The third kappa shape index (κ3) is 4.84. The van der Waals surface area contributed by atoms with Gasteiger partial charge in [-0.15, -0.1) is 0 Å². The zero-order valence-electron chi connectivity index (χ0n) is 12.0. The molecular weight excluding hydrogens is 260 g/mol. The molecule has 0 aliphatic heterocycles. The second-order valence-electron chi connectivity index (χ2n) is 4.46. The molecule has 0 fully saturated rings. The van der Waals surface area contributed by atoms with E-state index in [4.69, 9.17) is 11.6 Å². The Morgan fingerprint density at radius 1 is 1.11 bits per heavy atom. The standard InChI is InChI=1S/C15H23ClN2O/c1-4-17(12-15(19)18(5-2)6-3)11-13-9-7-8-10-14(13)16/h7-10H,4-6,11-12H2,1-3H3. The Kier molecular flexibility index (Phi) is 6.89. The van der Waals surface area contributed by atoms with E-state index in [2.05, 4.69) is 11.8 Å². The fourth-order valence-electron chi connectivity index (χ4n) is 2.01. The number of amides is 1. The molecule has 1 aromatic carbocycles. The number of rotatable bonds is 7. The van der Waals surface area contributed by atoms with Crippen LogP contribution in [-0.2, 0) is 11.3 Å². The Morgan fingerprint density at radius 2 is 1.74 bits per heavy atom. The lowest BCUT2D eigenvalue weighted by molar-refractivity contribution is -0.132. The lowest BCUT2D eigenvalue weighted by atomic mass is 10.2. The molecule has 0 bridgehead atoms. The van der Waals surface area contributed by atoms with Crippen LogP contribution >= 0.6 is 11.6 Å². The normalized spacial score (nSPS) is 10.8. The molecule has 1 amide bonds. The van der Waals surface area contributed by atoms with E-state index in [0.29, 0.717) is 13.1 Å². The Balaban J connectivity index is 2.64. The zero-order chi connectivity index (χ0) is 14.3. The van der Waals surface area contributed by atoms with Crippen LogP contribution in [-0.4, -0.2) is 41.9 Å². The first-order valence-electron chi connectivity index (χ1n) is 6.85. The van der Waals surface area contributed by atoms with Gasteiger partial charge in [-0.05, 0) is 32.0 Å². The number of hydrogen-bond acceptors (Lipinski definition) is 2. The van der Waals surface area contributed by atoms with E-state index in [0.717, 1.165) is 30.2 Å².